The SMILES string of the molecule is NCC(c1cccnc1)c1cc[nH]c1. The van der Waals surface area contributed by atoms with E-state index in [4.69, 9.17) is 5.73 Å². The molecule has 0 aliphatic heterocycles. The van der Waals surface area contributed by atoms with Gasteiger partial charge in [0.25, 0.3) is 0 Å². The van der Waals surface area contributed by atoms with E-state index in [1.54, 1.807) is 6.20 Å². The van der Waals surface area contributed by atoms with Crippen LogP contribution < -0.4 is 5.73 Å². The Labute approximate surface area is 83.0 Å². The highest BCUT2D eigenvalue weighted by molar-refractivity contribution is 5.29. The monoisotopic (exact) mass is 187 g/mol. The van der Waals surface area contributed by atoms with Gasteiger partial charge in [-0.15, -0.1) is 0 Å². The van der Waals surface area contributed by atoms with Gasteiger partial charge < -0.3 is 10.7 Å². The van der Waals surface area contributed by atoms with E-state index in [0.717, 1.165) is 5.56 Å². The van der Waals surface area contributed by atoms with Crippen molar-refractivity contribution in [1.29, 1.82) is 0 Å². The first-order valence-electron chi connectivity index (χ1n) is 4.64. The number of aromatic amines is 1. The van der Waals surface area contributed by atoms with E-state index < -0.39 is 0 Å². The lowest BCUT2D eigenvalue weighted by Gasteiger charge is -2.12. The fraction of sp³-hybridized carbons (Fsp3) is 0.182. The lowest BCUT2D eigenvalue weighted by Crippen LogP contribution is -2.13. The van der Waals surface area contributed by atoms with E-state index in [1.165, 1.54) is 5.56 Å². The minimum atomic E-state index is 0.245. The maximum absolute atomic E-state index is 5.75. The molecule has 1 unspecified atom stereocenters. The van der Waals surface area contributed by atoms with Crippen molar-refractivity contribution >= 4 is 0 Å². The van der Waals surface area contributed by atoms with Crippen molar-refractivity contribution < 1.29 is 0 Å². The quantitative estimate of drug-likeness (QED) is 0.765. The van der Waals surface area contributed by atoms with E-state index >= 15 is 0 Å². The topological polar surface area (TPSA) is 54.7 Å². The number of hydrogen-bond donors (Lipinski definition) is 2. The minimum Gasteiger partial charge on any atom is -0.367 e. The van der Waals surface area contributed by atoms with Crippen molar-refractivity contribution in [1.82, 2.24) is 9.97 Å². The van der Waals surface area contributed by atoms with Crippen LogP contribution >= 0.6 is 0 Å². The Kier molecular flexibility index (Phi) is 2.60. The fourth-order valence-corrected chi connectivity index (χ4v) is 1.60. The van der Waals surface area contributed by atoms with Gasteiger partial charge in [-0.3, -0.25) is 4.98 Å². The average Bonchev–Trinajstić information content (AvgIpc) is 2.74. The van der Waals surface area contributed by atoms with E-state index in [2.05, 4.69) is 16.0 Å². The Morgan fingerprint density at radius 2 is 2.29 bits per heavy atom. The van der Waals surface area contributed by atoms with Crippen LogP contribution in [0.1, 0.15) is 17.0 Å². The third kappa shape index (κ3) is 1.67. The smallest absolute Gasteiger partial charge is 0.0306 e. The van der Waals surface area contributed by atoms with Crippen LogP contribution in [0.15, 0.2) is 43.0 Å². The minimum absolute atomic E-state index is 0.245. The van der Waals surface area contributed by atoms with Crippen molar-refractivity contribution in [3.63, 3.8) is 0 Å². The summed E-state index contributed by atoms with van der Waals surface area (Å²) in [6.45, 7) is 0.601. The fourth-order valence-electron chi connectivity index (χ4n) is 1.60. The molecular weight excluding hydrogens is 174 g/mol. The Hall–Kier alpha value is -1.61. The van der Waals surface area contributed by atoms with Crippen LogP contribution in [0.25, 0.3) is 0 Å². The van der Waals surface area contributed by atoms with Gasteiger partial charge in [0.05, 0.1) is 0 Å². The van der Waals surface area contributed by atoms with Crippen LogP contribution in [-0.4, -0.2) is 16.5 Å². The summed E-state index contributed by atoms with van der Waals surface area (Å²) in [5, 5.41) is 0. The molecule has 0 fully saturated rings. The summed E-state index contributed by atoms with van der Waals surface area (Å²) < 4.78 is 0. The van der Waals surface area contributed by atoms with Gasteiger partial charge in [0.1, 0.15) is 0 Å². The highest BCUT2D eigenvalue weighted by Crippen LogP contribution is 2.21. The average molecular weight is 187 g/mol. The second-order valence-corrected chi connectivity index (χ2v) is 3.22. The zero-order valence-corrected chi connectivity index (χ0v) is 7.85. The molecule has 2 aromatic rings. The molecule has 0 aliphatic carbocycles. The van der Waals surface area contributed by atoms with Crippen LogP contribution in [0, 0.1) is 0 Å². The Morgan fingerprint density at radius 1 is 1.36 bits per heavy atom. The summed E-state index contributed by atoms with van der Waals surface area (Å²) in [6.07, 6.45) is 7.53. The van der Waals surface area contributed by atoms with Crippen LogP contribution in [0.4, 0.5) is 0 Å². The molecule has 0 saturated carbocycles. The summed E-state index contributed by atoms with van der Waals surface area (Å²) >= 11 is 0. The molecule has 2 rings (SSSR count). The van der Waals surface area contributed by atoms with E-state index in [0.29, 0.717) is 6.54 Å². The molecule has 3 heteroatoms. The Bertz CT molecular complexity index is 367. The number of nitrogens with two attached hydrogens (primary N) is 1. The zero-order valence-electron chi connectivity index (χ0n) is 7.85. The predicted octanol–water partition coefficient (Wildman–Crippen LogP) is 1.50. The van der Waals surface area contributed by atoms with Crippen molar-refractivity contribution in [3.05, 3.63) is 54.1 Å². The van der Waals surface area contributed by atoms with Gasteiger partial charge in [-0.1, -0.05) is 6.07 Å². The second-order valence-electron chi connectivity index (χ2n) is 3.22. The Balaban J connectivity index is 2.31. The highest BCUT2D eigenvalue weighted by atomic mass is 14.7. The van der Waals surface area contributed by atoms with Crippen LogP contribution in [-0.2, 0) is 0 Å². The van der Waals surface area contributed by atoms with Gasteiger partial charge in [0.2, 0.25) is 0 Å². The highest BCUT2D eigenvalue weighted by Gasteiger charge is 2.11. The molecule has 14 heavy (non-hydrogen) atoms. The summed E-state index contributed by atoms with van der Waals surface area (Å²) in [6, 6.07) is 6.03. The number of nitrogens with one attached hydrogen (secondary N) is 1. The number of aromatic nitrogens is 2. The Morgan fingerprint density at radius 3 is 2.86 bits per heavy atom. The molecule has 3 N–H and O–H groups in total. The number of pyridine rings is 1. The molecule has 0 bridgehead atoms. The van der Waals surface area contributed by atoms with Crippen molar-refractivity contribution in [2.24, 2.45) is 5.73 Å². The molecule has 2 heterocycles. The van der Waals surface area contributed by atoms with Crippen LogP contribution in [0.2, 0.25) is 0 Å². The standard InChI is InChI=1S/C11H13N3/c12-6-11(10-3-5-14-8-10)9-2-1-4-13-7-9/h1-5,7-8,11,14H,6,12H2. The molecule has 0 saturated heterocycles. The summed E-state index contributed by atoms with van der Waals surface area (Å²) in [7, 11) is 0. The molecule has 0 spiro atoms. The second kappa shape index (κ2) is 4.07. The van der Waals surface area contributed by atoms with Gasteiger partial charge in [-0.2, -0.15) is 0 Å². The molecule has 0 aromatic carbocycles. The third-order valence-corrected chi connectivity index (χ3v) is 2.35. The van der Waals surface area contributed by atoms with Gasteiger partial charge in [-0.25, -0.2) is 0 Å². The zero-order chi connectivity index (χ0) is 9.80. The number of H-pyrrole nitrogens is 1. The van der Waals surface area contributed by atoms with Crippen LogP contribution in [0.3, 0.4) is 0 Å². The summed E-state index contributed by atoms with van der Waals surface area (Å²) in [4.78, 5) is 7.14. The van der Waals surface area contributed by atoms with Gasteiger partial charge in [0.15, 0.2) is 0 Å². The van der Waals surface area contributed by atoms with Gasteiger partial charge in [-0.05, 0) is 23.3 Å². The molecule has 1 atom stereocenters. The predicted molar refractivity (Wildman–Crippen MR) is 55.9 cm³/mol. The molecule has 3 nitrogen and oxygen atoms in total. The first-order valence-corrected chi connectivity index (χ1v) is 4.64. The van der Waals surface area contributed by atoms with E-state index in [9.17, 15) is 0 Å². The molecule has 0 amide bonds. The van der Waals surface area contributed by atoms with Gasteiger partial charge in [0, 0.05) is 37.3 Å². The molecule has 0 radical (unpaired) electrons. The lowest BCUT2D eigenvalue weighted by molar-refractivity contribution is 0.815. The van der Waals surface area contributed by atoms with Crippen LogP contribution in [0.5, 0.6) is 0 Å². The number of hydrogen-bond acceptors (Lipinski definition) is 2. The van der Waals surface area contributed by atoms with Crippen molar-refractivity contribution in [2.45, 2.75) is 5.92 Å². The van der Waals surface area contributed by atoms with E-state index in [-0.39, 0.29) is 5.92 Å². The molecule has 0 aliphatic rings. The van der Waals surface area contributed by atoms with Crippen molar-refractivity contribution in [3.8, 4) is 0 Å². The first-order chi connectivity index (χ1) is 6.92. The lowest BCUT2D eigenvalue weighted by atomic mass is 9.95. The van der Waals surface area contributed by atoms with Crippen molar-refractivity contribution in [2.75, 3.05) is 6.54 Å². The maximum Gasteiger partial charge on any atom is 0.0306 e. The van der Waals surface area contributed by atoms with Gasteiger partial charge >= 0.3 is 0 Å². The summed E-state index contributed by atoms with van der Waals surface area (Å²) in [5.41, 5.74) is 8.12. The summed E-state index contributed by atoms with van der Waals surface area (Å²) in [5.74, 6) is 0.245. The normalized spacial score (nSPS) is 12.6. The number of nitrogens with zero attached hydrogens (tertiary/aromatic N) is 1. The largest absolute Gasteiger partial charge is 0.367 e. The number of rotatable bonds is 3. The molecular formula is C11H13N3. The molecule has 72 valence electrons. The third-order valence-electron chi connectivity index (χ3n) is 2.35. The first kappa shape index (κ1) is 8.97. The van der Waals surface area contributed by atoms with E-state index in [1.807, 2.05) is 30.7 Å². The molecule has 2 aromatic heterocycles. The maximum atomic E-state index is 5.75.